The number of hydrogen-bond donors (Lipinski definition) is 2. The molecule has 1 aliphatic rings. The second-order valence-corrected chi connectivity index (χ2v) is 7.03. The highest BCUT2D eigenvalue weighted by molar-refractivity contribution is 5.84. The number of hydrogen-bond acceptors (Lipinski definition) is 3. The molecule has 1 amide bonds. The van der Waals surface area contributed by atoms with Crippen molar-refractivity contribution in [1.82, 2.24) is 5.32 Å². The van der Waals surface area contributed by atoms with Crippen LogP contribution in [-0.2, 0) is 9.53 Å². The third-order valence-corrected chi connectivity index (χ3v) is 4.64. The van der Waals surface area contributed by atoms with Crippen LogP contribution in [0.15, 0.2) is 0 Å². The fraction of sp³-hybridized carbons (Fsp3) is 0.941. The van der Waals surface area contributed by atoms with Crippen LogP contribution in [0.4, 0.5) is 0 Å². The lowest BCUT2D eigenvalue weighted by Gasteiger charge is -2.31. The van der Waals surface area contributed by atoms with Crippen molar-refractivity contribution in [2.75, 3.05) is 6.61 Å². The van der Waals surface area contributed by atoms with Crippen molar-refractivity contribution < 1.29 is 9.53 Å². The average molecular weight is 298 g/mol. The van der Waals surface area contributed by atoms with Crippen LogP contribution in [0.1, 0.15) is 72.6 Å². The monoisotopic (exact) mass is 298 g/mol. The average Bonchev–Trinajstić information content (AvgIpc) is 2.43. The first-order chi connectivity index (χ1) is 9.87. The smallest absolute Gasteiger partial charge is 0.237 e. The molecule has 0 aromatic carbocycles. The van der Waals surface area contributed by atoms with Crippen LogP contribution in [0, 0.1) is 5.92 Å². The molecule has 0 radical (unpaired) electrons. The van der Waals surface area contributed by atoms with Gasteiger partial charge in [-0.3, -0.25) is 4.79 Å². The van der Waals surface area contributed by atoms with E-state index in [1.54, 1.807) is 0 Å². The lowest BCUT2D eigenvalue weighted by Crippen LogP contribution is -2.55. The lowest BCUT2D eigenvalue weighted by molar-refractivity contribution is -0.124. The van der Waals surface area contributed by atoms with Crippen LogP contribution in [0.2, 0.25) is 0 Å². The second kappa shape index (κ2) is 8.74. The summed E-state index contributed by atoms with van der Waals surface area (Å²) in [6.07, 6.45) is 8.31. The minimum absolute atomic E-state index is 0.243. The van der Waals surface area contributed by atoms with E-state index in [2.05, 4.69) is 12.2 Å². The molecular weight excluding hydrogens is 264 g/mol. The molecule has 124 valence electrons. The first-order valence-electron chi connectivity index (χ1n) is 8.56. The standard InChI is InChI=1S/C17H34N2O2/c1-5-14-8-6-9-15(12-14)21-11-7-10-17(4,16(18)20)19-13(2)3/h13-15,19H,5-12H2,1-4H3,(H2,18,20). The van der Waals surface area contributed by atoms with Crippen molar-refractivity contribution in [1.29, 1.82) is 0 Å². The summed E-state index contributed by atoms with van der Waals surface area (Å²) in [4.78, 5) is 11.7. The van der Waals surface area contributed by atoms with Gasteiger partial charge in [0.05, 0.1) is 11.6 Å². The Hall–Kier alpha value is -0.610. The number of primary amides is 1. The molecule has 4 heteroatoms. The van der Waals surface area contributed by atoms with E-state index >= 15 is 0 Å². The van der Waals surface area contributed by atoms with Crippen LogP contribution < -0.4 is 11.1 Å². The predicted molar refractivity (Wildman–Crippen MR) is 87.1 cm³/mol. The van der Waals surface area contributed by atoms with Crippen LogP contribution in [-0.4, -0.2) is 30.2 Å². The summed E-state index contributed by atoms with van der Waals surface area (Å²) >= 11 is 0. The minimum Gasteiger partial charge on any atom is -0.378 e. The minimum atomic E-state index is -0.629. The van der Waals surface area contributed by atoms with Crippen molar-refractivity contribution in [3.05, 3.63) is 0 Å². The maximum Gasteiger partial charge on any atom is 0.237 e. The highest BCUT2D eigenvalue weighted by Gasteiger charge is 2.31. The van der Waals surface area contributed by atoms with Crippen molar-refractivity contribution in [2.45, 2.75) is 90.3 Å². The lowest BCUT2D eigenvalue weighted by atomic mass is 9.85. The van der Waals surface area contributed by atoms with Gasteiger partial charge in [0.15, 0.2) is 0 Å². The van der Waals surface area contributed by atoms with Crippen LogP contribution in [0.3, 0.4) is 0 Å². The zero-order chi connectivity index (χ0) is 15.9. The van der Waals surface area contributed by atoms with E-state index in [9.17, 15) is 4.79 Å². The summed E-state index contributed by atoms with van der Waals surface area (Å²) in [7, 11) is 0. The van der Waals surface area contributed by atoms with E-state index in [-0.39, 0.29) is 11.9 Å². The highest BCUT2D eigenvalue weighted by Crippen LogP contribution is 2.28. The molecule has 0 bridgehead atoms. The highest BCUT2D eigenvalue weighted by atomic mass is 16.5. The molecule has 0 aromatic heterocycles. The molecule has 1 aliphatic carbocycles. The van der Waals surface area contributed by atoms with Gasteiger partial charge in [0.2, 0.25) is 5.91 Å². The van der Waals surface area contributed by atoms with Gasteiger partial charge in [-0.25, -0.2) is 0 Å². The number of rotatable bonds is 9. The van der Waals surface area contributed by atoms with Gasteiger partial charge in [-0.1, -0.05) is 26.2 Å². The van der Waals surface area contributed by atoms with Crippen molar-refractivity contribution >= 4 is 5.91 Å². The van der Waals surface area contributed by atoms with E-state index in [1.807, 2.05) is 20.8 Å². The Morgan fingerprint density at radius 3 is 2.71 bits per heavy atom. The van der Waals surface area contributed by atoms with Gasteiger partial charge in [0.25, 0.3) is 0 Å². The number of carbonyl (C=O) groups is 1. The number of ether oxygens (including phenoxy) is 1. The second-order valence-electron chi connectivity index (χ2n) is 7.03. The first kappa shape index (κ1) is 18.4. The molecule has 0 heterocycles. The Labute approximate surface area is 130 Å². The molecule has 3 atom stereocenters. The van der Waals surface area contributed by atoms with E-state index in [0.717, 1.165) is 25.4 Å². The SMILES string of the molecule is CCC1CCCC(OCCCC(C)(NC(C)C)C(N)=O)C1. The van der Waals surface area contributed by atoms with Crippen molar-refractivity contribution in [2.24, 2.45) is 11.7 Å². The van der Waals surface area contributed by atoms with Gasteiger partial charge in [0, 0.05) is 12.6 Å². The number of nitrogens with two attached hydrogens (primary N) is 1. The molecule has 0 spiro atoms. The van der Waals surface area contributed by atoms with Crippen LogP contribution in [0.25, 0.3) is 0 Å². The molecular formula is C17H34N2O2. The number of carbonyl (C=O) groups excluding carboxylic acids is 1. The zero-order valence-corrected chi connectivity index (χ0v) is 14.3. The largest absolute Gasteiger partial charge is 0.378 e. The molecule has 21 heavy (non-hydrogen) atoms. The summed E-state index contributed by atoms with van der Waals surface area (Å²) in [6, 6.07) is 0.243. The molecule has 0 saturated heterocycles. The molecule has 4 nitrogen and oxygen atoms in total. The summed E-state index contributed by atoms with van der Waals surface area (Å²) in [5.74, 6) is 0.558. The number of nitrogens with one attached hydrogen (secondary N) is 1. The van der Waals surface area contributed by atoms with Gasteiger partial charge in [0.1, 0.15) is 0 Å². The van der Waals surface area contributed by atoms with E-state index in [1.165, 1.54) is 32.1 Å². The Morgan fingerprint density at radius 2 is 2.14 bits per heavy atom. The Kier molecular flexibility index (Phi) is 7.67. The first-order valence-corrected chi connectivity index (χ1v) is 8.56. The van der Waals surface area contributed by atoms with E-state index < -0.39 is 5.54 Å². The third-order valence-electron chi connectivity index (χ3n) is 4.64. The van der Waals surface area contributed by atoms with Gasteiger partial charge in [-0.15, -0.1) is 0 Å². The molecule has 1 rings (SSSR count). The van der Waals surface area contributed by atoms with E-state index in [0.29, 0.717) is 6.10 Å². The Morgan fingerprint density at radius 1 is 1.43 bits per heavy atom. The number of amides is 1. The molecule has 1 fully saturated rings. The predicted octanol–water partition coefficient (Wildman–Crippen LogP) is 2.99. The van der Waals surface area contributed by atoms with Gasteiger partial charge in [-0.05, 0) is 52.4 Å². The topological polar surface area (TPSA) is 64.3 Å². The fourth-order valence-electron chi connectivity index (χ4n) is 3.34. The zero-order valence-electron chi connectivity index (χ0n) is 14.3. The normalized spacial score (nSPS) is 25.8. The third kappa shape index (κ3) is 6.35. The van der Waals surface area contributed by atoms with Crippen LogP contribution >= 0.6 is 0 Å². The summed E-state index contributed by atoms with van der Waals surface area (Å²) in [5, 5.41) is 3.28. The van der Waals surface area contributed by atoms with Crippen molar-refractivity contribution in [3.63, 3.8) is 0 Å². The fourth-order valence-corrected chi connectivity index (χ4v) is 3.34. The van der Waals surface area contributed by atoms with Crippen LogP contribution in [0.5, 0.6) is 0 Å². The van der Waals surface area contributed by atoms with Gasteiger partial charge in [-0.2, -0.15) is 0 Å². The molecule has 3 N–H and O–H groups in total. The molecule has 3 unspecified atom stereocenters. The molecule has 0 aliphatic heterocycles. The van der Waals surface area contributed by atoms with Gasteiger partial charge < -0.3 is 15.8 Å². The van der Waals surface area contributed by atoms with Crippen molar-refractivity contribution in [3.8, 4) is 0 Å². The van der Waals surface area contributed by atoms with E-state index in [4.69, 9.17) is 10.5 Å². The molecule has 0 aromatic rings. The Bertz CT molecular complexity index is 320. The summed E-state index contributed by atoms with van der Waals surface area (Å²) < 4.78 is 6.02. The summed E-state index contributed by atoms with van der Waals surface area (Å²) in [5.41, 5.74) is 4.91. The maximum atomic E-state index is 11.7. The Balaban J connectivity index is 2.29. The quantitative estimate of drug-likeness (QED) is 0.643. The summed E-state index contributed by atoms with van der Waals surface area (Å²) in [6.45, 7) is 8.95. The van der Waals surface area contributed by atoms with Gasteiger partial charge >= 0.3 is 0 Å². The maximum absolute atomic E-state index is 11.7. The molecule has 1 saturated carbocycles.